The van der Waals surface area contributed by atoms with E-state index in [1.54, 1.807) is 18.4 Å². The molecule has 0 aliphatic carbocycles. The molecule has 9 heteroatoms. The largest absolute Gasteiger partial charge is 0.495 e. The highest BCUT2D eigenvalue weighted by Crippen LogP contribution is 2.34. The number of primary amides is 1. The minimum atomic E-state index is -1.45. The normalized spacial score (nSPS) is 12.6. The molecule has 1 unspecified atom stereocenters. The highest BCUT2D eigenvalue weighted by Gasteiger charge is 2.22. The zero-order valence-electron chi connectivity index (χ0n) is 16.5. The summed E-state index contributed by atoms with van der Waals surface area (Å²) in [5.74, 6) is -1.90. The SMILES string of the molecule is COc1c(C(=O)O)ccc2c1c(C=Cc1ccc3occc3c1)nn2CC(O)C(N)=O. The maximum atomic E-state index is 11.7. The minimum absolute atomic E-state index is 0.0283. The zero-order chi connectivity index (χ0) is 22.1. The summed E-state index contributed by atoms with van der Waals surface area (Å²) in [6, 6.07) is 10.4. The molecule has 158 valence electrons. The molecule has 4 rings (SSSR count). The number of methoxy groups -OCH3 is 1. The van der Waals surface area contributed by atoms with E-state index in [4.69, 9.17) is 14.9 Å². The van der Waals surface area contributed by atoms with Crippen molar-refractivity contribution in [2.75, 3.05) is 7.11 Å². The van der Waals surface area contributed by atoms with Gasteiger partial charge in [-0.05, 0) is 42.0 Å². The quantitative estimate of drug-likeness (QED) is 0.416. The van der Waals surface area contributed by atoms with E-state index in [0.29, 0.717) is 16.6 Å². The van der Waals surface area contributed by atoms with E-state index in [-0.39, 0.29) is 17.9 Å². The van der Waals surface area contributed by atoms with E-state index in [0.717, 1.165) is 16.5 Å². The van der Waals surface area contributed by atoms with Gasteiger partial charge in [-0.2, -0.15) is 5.10 Å². The van der Waals surface area contributed by atoms with Crippen LogP contribution in [-0.2, 0) is 11.3 Å². The average Bonchev–Trinajstić information content (AvgIpc) is 3.35. The molecule has 2 heterocycles. The van der Waals surface area contributed by atoms with Gasteiger partial charge < -0.3 is 25.1 Å². The first-order valence-corrected chi connectivity index (χ1v) is 9.32. The molecule has 0 radical (unpaired) electrons. The van der Waals surface area contributed by atoms with Gasteiger partial charge in [-0.1, -0.05) is 12.1 Å². The number of nitrogens with zero attached hydrogens (tertiary/aromatic N) is 2. The van der Waals surface area contributed by atoms with Crippen LogP contribution in [-0.4, -0.2) is 45.1 Å². The van der Waals surface area contributed by atoms with Crippen molar-refractivity contribution in [2.45, 2.75) is 12.6 Å². The molecule has 0 aliphatic heterocycles. The van der Waals surface area contributed by atoms with Crippen LogP contribution in [0, 0.1) is 0 Å². The van der Waals surface area contributed by atoms with Crippen molar-refractivity contribution in [3.8, 4) is 5.75 Å². The summed E-state index contributed by atoms with van der Waals surface area (Å²) in [6.07, 6.45) is 3.69. The van der Waals surface area contributed by atoms with Gasteiger partial charge in [-0.15, -0.1) is 0 Å². The lowest BCUT2D eigenvalue weighted by molar-refractivity contribution is -0.126. The standard InChI is InChI=1S/C22H19N3O6/c1-30-20-14(22(28)29)4-6-16-19(20)15(24-25(16)11-17(26)21(23)27)5-2-12-3-7-18-13(10-12)8-9-31-18/h2-10,17,26H,11H2,1H3,(H2,23,27)(H,28,29). The molecule has 0 aliphatic rings. The second kappa shape index (κ2) is 7.96. The Labute approximate surface area is 175 Å². The van der Waals surface area contributed by atoms with E-state index in [1.807, 2.05) is 30.3 Å². The predicted octanol–water partition coefficient (Wildman–Crippen LogP) is 2.51. The predicted molar refractivity (Wildman–Crippen MR) is 114 cm³/mol. The molecule has 1 atom stereocenters. The number of carboxylic acid groups (broad SMARTS) is 1. The third-order valence-electron chi connectivity index (χ3n) is 4.92. The number of carbonyl (C=O) groups excluding carboxylic acids is 1. The number of ether oxygens (including phenoxy) is 1. The Morgan fingerprint density at radius 2 is 2.06 bits per heavy atom. The van der Waals surface area contributed by atoms with Gasteiger partial charge in [0.05, 0.1) is 36.5 Å². The summed E-state index contributed by atoms with van der Waals surface area (Å²) in [5.41, 5.74) is 7.69. The lowest BCUT2D eigenvalue weighted by atomic mass is 10.1. The molecule has 4 aromatic rings. The van der Waals surface area contributed by atoms with Gasteiger partial charge >= 0.3 is 5.97 Å². The van der Waals surface area contributed by atoms with E-state index < -0.39 is 18.0 Å². The fourth-order valence-corrected chi connectivity index (χ4v) is 3.42. The molecule has 0 fully saturated rings. The molecule has 31 heavy (non-hydrogen) atoms. The molecule has 1 amide bonds. The number of benzene rings is 2. The first-order valence-electron chi connectivity index (χ1n) is 9.32. The summed E-state index contributed by atoms with van der Waals surface area (Å²) in [6.45, 7) is -0.184. The van der Waals surface area contributed by atoms with Crippen LogP contribution in [0.4, 0.5) is 0 Å². The number of nitrogens with two attached hydrogens (primary N) is 1. The van der Waals surface area contributed by atoms with Crippen molar-refractivity contribution in [1.82, 2.24) is 9.78 Å². The van der Waals surface area contributed by atoms with E-state index >= 15 is 0 Å². The highest BCUT2D eigenvalue weighted by molar-refractivity contribution is 6.03. The van der Waals surface area contributed by atoms with Crippen LogP contribution in [0.1, 0.15) is 21.6 Å². The van der Waals surface area contributed by atoms with Crippen LogP contribution in [0.2, 0.25) is 0 Å². The zero-order valence-corrected chi connectivity index (χ0v) is 16.5. The number of amides is 1. The Bertz CT molecular complexity index is 1330. The summed E-state index contributed by atoms with van der Waals surface area (Å²) in [5, 5.41) is 25.3. The number of hydrogen-bond donors (Lipinski definition) is 3. The molecule has 0 bridgehead atoms. The van der Waals surface area contributed by atoms with E-state index in [9.17, 15) is 19.8 Å². The molecular formula is C22H19N3O6. The van der Waals surface area contributed by atoms with Gasteiger partial charge in [0.2, 0.25) is 5.91 Å². The van der Waals surface area contributed by atoms with Gasteiger partial charge in [0.1, 0.15) is 16.9 Å². The third kappa shape index (κ3) is 3.74. The fraction of sp³-hybridized carbons (Fsp3) is 0.136. The summed E-state index contributed by atoms with van der Waals surface area (Å²) in [7, 11) is 1.37. The van der Waals surface area contributed by atoms with Gasteiger partial charge in [0.15, 0.2) is 6.10 Å². The Morgan fingerprint density at radius 1 is 1.26 bits per heavy atom. The Morgan fingerprint density at radius 3 is 2.77 bits per heavy atom. The van der Waals surface area contributed by atoms with Crippen molar-refractivity contribution >= 4 is 45.9 Å². The van der Waals surface area contributed by atoms with Crippen molar-refractivity contribution in [2.24, 2.45) is 5.73 Å². The molecular weight excluding hydrogens is 402 g/mol. The van der Waals surface area contributed by atoms with Crippen LogP contribution < -0.4 is 10.5 Å². The number of furan rings is 1. The number of aromatic carboxylic acids is 1. The molecule has 0 saturated carbocycles. The number of aliphatic hydroxyl groups is 1. The van der Waals surface area contributed by atoms with Crippen LogP contribution >= 0.6 is 0 Å². The number of aromatic nitrogens is 2. The maximum Gasteiger partial charge on any atom is 0.339 e. The molecule has 9 nitrogen and oxygen atoms in total. The van der Waals surface area contributed by atoms with Crippen molar-refractivity contribution in [3.05, 3.63) is 59.5 Å². The summed E-state index contributed by atoms with van der Waals surface area (Å²) >= 11 is 0. The van der Waals surface area contributed by atoms with E-state index in [2.05, 4.69) is 5.10 Å². The van der Waals surface area contributed by atoms with Crippen LogP contribution in [0.3, 0.4) is 0 Å². The first-order chi connectivity index (χ1) is 14.9. The van der Waals surface area contributed by atoms with Gasteiger partial charge in [-0.25, -0.2) is 4.79 Å². The maximum absolute atomic E-state index is 11.7. The van der Waals surface area contributed by atoms with Crippen molar-refractivity contribution in [3.63, 3.8) is 0 Å². The van der Waals surface area contributed by atoms with Crippen molar-refractivity contribution in [1.29, 1.82) is 0 Å². The van der Waals surface area contributed by atoms with Gasteiger partial charge in [0.25, 0.3) is 0 Å². The number of carboxylic acids is 1. The number of fused-ring (bicyclic) bond motifs is 2. The van der Waals surface area contributed by atoms with Crippen LogP contribution in [0.5, 0.6) is 5.75 Å². The Kier molecular flexibility index (Phi) is 5.18. The van der Waals surface area contributed by atoms with Gasteiger partial charge in [-0.3, -0.25) is 9.48 Å². The van der Waals surface area contributed by atoms with Crippen LogP contribution in [0.25, 0.3) is 34.0 Å². The monoisotopic (exact) mass is 421 g/mol. The third-order valence-corrected chi connectivity index (χ3v) is 4.92. The average molecular weight is 421 g/mol. The Balaban J connectivity index is 1.86. The van der Waals surface area contributed by atoms with E-state index in [1.165, 1.54) is 17.9 Å². The first kappa shape index (κ1) is 20.2. The second-order valence-electron chi connectivity index (χ2n) is 6.88. The number of rotatable bonds is 7. The van der Waals surface area contributed by atoms with Gasteiger partial charge in [0, 0.05) is 5.39 Å². The lowest BCUT2D eigenvalue weighted by Crippen LogP contribution is -2.32. The molecule has 4 N–H and O–H groups in total. The summed E-state index contributed by atoms with van der Waals surface area (Å²) in [4.78, 5) is 23.0. The molecule has 2 aromatic carbocycles. The fourth-order valence-electron chi connectivity index (χ4n) is 3.42. The number of aliphatic hydroxyl groups excluding tert-OH is 1. The molecule has 2 aromatic heterocycles. The summed E-state index contributed by atoms with van der Waals surface area (Å²) < 4.78 is 12.1. The lowest BCUT2D eigenvalue weighted by Gasteiger charge is -2.09. The highest BCUT2D eigenvalue weighted by atomic mass is 16.5. The smallest absolute Gasteiger partial charge is 0.339 e. The van der Waals surface area contributed by atoms with Crippen molar-refractivity contribution < 1.29 is 29.0 Å². The van der Waals surface area contributed by atoms with Crippen LogP contribution in [0.15, 0.2) is 47.1 Å². The topological polar surface area (TPSA) is 141 Å². The molecule has 0 saturated heterocycles. The minimum Gasteiger partial charge on any atom is -0.495 e. The number of carbonyl (C=O) groups is 2. The Hall–Kier alpha value is -4.11. The molecule has 0 spiro atoms. The second-order valence-corrected chi connectivity index (χ2v) is 6.88. The number of hydrogen-bond acceptors (Lipinski definition) is 6.